The second-order valence-corrected chi connectivity index (χ2v) is 6.62. The van der Waals surface area contributed by atoms with Crippen LogP contribution in [0.3, 0.4) is 0 Å². The first-order valence-corrected chi connectivity index (χ1v) is 6.76. The van der Waals surface area contributed by atoms with Crippen molar-refractivity contribution in [3.63, 3.8) is 0 Å². The second-order valence-electron chi connectivity index (χ2n) is 6.62. The van der Waals surface area contributed by atoms with Gasteiger partial charge in [-0.05, 0) is 42.9 Å². The summed E-state index contributed by atoms with van der Waals surface area (Å²) in [5, 5.41) is 7.19. The molecule has 0 bridgehead atoms. The minimum absolute atomic E-state index is 0.0972. The van der Waals surface area contributed by atoms with Gasteiger partial charge < -0.3 is 4.74 Å². The normalized spacial score (nSPS) is 20.9. The lowest BCUT2D eigenvalue weighted by atomic mass is 9.89. The molecule has 1 heterocycles. The van der Waals surface area contributed by atoms with Crippen LogP contribution in [0, 0.1) is 11.8 Å². The first-order valence-electron chi connectivity index (χ1n) is 6.76. The highest BCUT2D eigenvalue weighted by Crippen LogP contribution is 2.47. The molecule has 0 amide bonds. The van der Waals surface area contributed by atoms with Crippen LogP contribution in [0.15, 0.2) is 6.20 Å². The van der Waals surface area contributed by atoms with E-state index in [1.165, 1.54) is 31.2 Å². The predicted molar refractivity (Wildman–Crippen MR) is 67.2 cm³/mol. The van der Waals surface area contributed by atoms with Gasteiger partial charge in [0.2, 0.25) is 5.88 Å². The quantitative estimate of drug-likeness (QED) is 0.868. The maximum atomic E-state index is 6.24. The van der Waals surface area contributed by atoms with Crippen LogP contribution in [0.1, 0.15) is 52.0 Å². The third-order valence-electron chi connectivity index (χ3n) is 3.84. The van der Waals surface area contributed by atoms with Crippen molar-refractivity contribution < 1.29 is 4.74 Å². The molecule has 0 unspecified atom stereocenters. The lowest BCUT2D eigenvalue weighted by Crippen LogP contribution is -2.23. The first-order chi connectivity index (χ1) is 8.05. The Morgan fingerprint density at radius 2 is 1.82 bits per heavy atom. The molecule has 2 fully saturated rings. The van der Waals surface area contributed by atoms with Gasteiger partial charge in [0.25, 0.3) is 0 Å². The van der Waals surface area contributed by atoms with Gasteiger partial charge in [-0.3, -0.25) is 0 Å². The number of ether oxygens (including phenoxy) is 1. The van der Waals surface area contributed by atoms with Crippen molar-refractivity contribution >= 4 is 0 Å². The van der Waals surface area contributed by atoms with Crippen molar-refractivity contribution in [2.75, 3.05) is 0 Å². The largest absolute Gasteiger partial charge is 0.474 e. The fourth-order valence-electron chi connectivity index (χ4n) is 2.46. The molecule has 3 nitrogen and oxygen atoms in total. The van der Waals surface area contributed by atoms with Crippen LogP contribution in [0.2, 0.25) is 0 Å². The number of aromatic nitrogens is 2. The van der Waals surface area contributed by atoms with E-state index in [9.17, 15) is 0 Å². The fourth-order valence-corrected chi connectivity index (χ4v) is 2.46. The summed E-state index contributed by atoms with van der Waals surface area (Å²) in [5.41, 5.74) is 1.30. The molecular formula is C14H22N2O. The zero-order valence-electron chi connectivity index (χ0n) is 11.0. The van der Waals surface area contributed by atoms with Gasteiger partial charge in [-0.2, -0.15) is 5.10 Å². The van der Waals surface area contributed by atoms with E-state index in [4.69, 9.17) is 4.74 Å². The van der Waals surface area contributed by atoms with Gasteiger partial charge in [-0.1, -0.05) is 20.8 Å². The molecule has 2 aliphatic rings. The van der Waals surface area contributed by atoms with Crippen molar-refractivity contribution in [3.8, 4) is 5.88 Å². The molecule has 1 aromatic rings. The number of hydrogen-bond donors (Lipinski definition) is 1. The van der Waals surface area contributed by atoms with Crippen LogP contribution in [-0.4, -0.2) is 16.3 Å². The predicted octanol–water partition coefficient (Wildman–Crippen LogP) is 3.27. The Labute approximate surface area is 103 Å². The molecule has 0 radical (unpaired) electrons. The standard InChI is InChI=1S/C14H22N2O/c1-14(2,3)11-8-15-16-13(11)17-12(9-4-5-9)10-6-7-10/h8-10,12H,4-7H2,1-3H3,(H,15,16). The molecule has 3 heteroatoms. The highest BCUT2D eigenvalue weighted by atomic mass is 16.5. The van der Waals surface area contributed by atoms with Gasteiger partial charge in [-0.25, -0.2) is 5.10 Å². The number of nitrogens with zero attached hydrogens (tertiary/aromatic N) is 1. The van der Waals surface area contributed by atoms with Crippen LogP contribution in [0.25, 0.3) is 0 Å². The molecule has 2 saturated carbocycles. The minimum atomic E-state index is 0.0972. The first kappa shape index (κ1) is 11.1. The molecular weight excluding hydrogens is 212 g/mol. The summed E-state index contributed by atoms with van der Waals surface area (Å²) in [7, 11) is 0. The van der Waals surface area contributed by atoms with E-state index < -0.39 is 0 Å². The molecule has 0 aromatic carbocycles. The summed E-state index contributed by atoms with van der Waals surface area (Å²) < 4.78 is 6.24. The second kappa shape index (κ2) is 3.76. The van der Waals surface area contributed by atoms with Crippen LogP contribution in [0.5, 0.6) is 5.88 Å². The summed E-state index contributed by atoms with van der Waals surface area (Å²) in [6, 6.07) is 0. The lowest BCUT2D eigenvalue weighted by molar-refractivity contribution is 0.145. The number of nitrogens with one attached hydrogen (secondary N) is 1. The number of aromatic amines is 1. The van der Waals surface area contributed by atoms with Gasteiger partial charge in [0.15, 0.2) is 0 Å². The number of hydrogen-bond acceptors (Lipinski definition) is 2. The van der Waals surface area contributed by atoms with Crippen molar-refractivity contribution in [3.05, 3.63) is 11.8 Å². The fraction of sp³-hybridized carbons (Fsp3) is 0.786. The Kier molecular flexibility index (Phi) is 2.46. The Balaban J connectivity index is 1.77. The van der Waals surface area contributed by atoms with E-state index in [1.807, 2.05) is 6.20 Å². The third-order valence-corrected chi connectivity index (χ3v) is 3.84. The van der Waals surface area contributed by atoms with E-state index in [0.29, 0.717) is 6.10 Å². The minimum Gasteiger partial charge on any atom is -0.474 e. The van der Waals surface area contributed by atoms with Crippen molar-refractivity contribution in [2.24, 2.45) is 11.8 Å². The van der Waals surface area contributed by atoms with Crippen LogP contribution in [-0.2, 0) is 5.41 Å². The molecule has 1 N–H and O–H groups in total. The van der Waals surface area contributed by atoms with Gasteiger partial charge in [-0.15, -0.1) is 0 Å². The van der Waals surface area contributed by atoms with Crippen LogP contribution in [0.4, 0.5) is 0 Å². The van der Waals surface area contributed by atoms with Crippen molar-refractivity contribution in [1.82, 2.24) is 10.2 Å². The Bertz CT molecular complexity index is 385. The van der Waals surface area contributed by atoms with Crippen LogP contribution >= 0.6 is 0 Å². The summed E-state index contributed by atoms with van der Waals surface area (Å²) in [6.45, 7) is 6.61. The average molecular weight is 234 g/mol. The smallest absolute Gasteiger partial charge is 0.213 e. The maximum absolute atomic E-state index is 6.24. The average Bonchev–Trinajstić information content (AvgIpc) is 3.13. The van der Waals surface area contributed by atoms with Crippen LogP contribution < -0.4 is 4.74 Å². The van der Waals surface area contributed by atoms with Gasteiger partial charge in [0, 0.05) is 5.56 Å². The summed E-state index contributed by atoms with van der Waals surface area (Å²) >= 11 is 0. The van der Waals surface area contributed by atoms with Crippen molar-refractivity contribution in [1.29, 1.82) is 0 Å². The van der Waals surface area contributed by atoms with Gasteiger partial charge in [0.05, 0.1) is 6.20 Å². The molecule has 94 valence electrons. The third kappa shape index (κ3) is 2.33. The van der Waals surface area contributed by atoms with E-state index in [2.05, 4.69) is 31.0 Å². The van der Waals surface area contributed by atoms with E-state index in [1.54, 1.807) is 0 Å². The number of H-pyrrole nitrogens is 1. The summed E-state index contributed by atoms with van der Waals surface area (Å²) in [5.74, 6) is 2.51. The lowest BCUT2D eigenvalue weighted by Gasteiger charge is -2.22. The molecule has 2 aliphatic carbocycles. The zero-order chi connectivity index (χ0) is 12.0. The van der Waals surface area contributed by atoms with Crippen molar-refractivity contribution in [2.45, 2.75) is 58.0 Å². The number of rotatable bonds is 4. The molecule has 0 aliphatic heterocycles. The summed E-state index contributed by atoms with van der Waals surface area (Å²) in [4.78, 5) is 0. The molecule has 1 aromatic heterocycles. The summed E-state index contributed by atoms with van der Waals surface area (Å²) in [6.07, 6.45) is 7.74. The SMILES string of the molecule is CC(C)(C)c1cn[nH]c1OC(C1CC1)C1CC1. The molecule has 17 heavy (non-hydrogen) atoms. The topological polar surface area (TPSA) is 37.9 Å². The highest BCUT2D eigenvalue weighted by molar-refractivity contribution is 5.30. The Morgan fingerprint density at radius 1 is 1.24 bits per heavy atom. The highest BCUT2D eigenvalue weighted by Gasteiger charge is 2.44. The zero-order valence-corrected chi connectivity index (χ0v) is 11.0. The molecule has 3 rings (SSSR count). The van der Waals surface area contributed by atoms with Gasteiger partial charge >= 0.3 is 0 Å². The molecule has 0 atom stereocenters. The maximum Gasteiger partial charge on any atom is 0.213 e. The Hall–Kier alpha value is -0.990. The molecule has 0 spiro atoms. The van der Waals surface area contributed by atoms with E-state index >= 15 is 0 Å². The monoisotopic (exact) mass is 234 g/mol. The van der Waals surface area contributed by atoms with E-state index in [-0.39, 0.29) is 5.41 Å². The molecule has 0 saturated heterocycles. The van der Waals surface area contributed by atoms with E-state index in [0.717, 1.165) is 17.7 Å². The Morgan fingerprint density at radius 3 is 2.29 bits per heavy atom. The van der Waals surface area contributed by atoms with Gasteiger partial charge in [0.1, 0.15) is 6.10 Å².